The first-order valence-corrected chi connectivity index (χ1v) is 14.3. The summed E-state index contributed by atoms with van der Waals surface area (Å²) in [6, 6.07) is 17.6. The molecule has 2 aromatic carbocycles. The van der Waals surface area contributed by atoms with E-state index in [9.17, 15) is 13.2 Å². The van der Waals surface area contributed by atoms with Crippen LogP contribution in [0.5, 0.6) is 0 Å². The summed E-state index contributed by atoms with van der Waals surface area (Å²) in [7, 11) is 2.18. The van der Waals surface area contributed by atoms with Gasteiger partial charge in [-0.3, -0.25) is 9.74 Å². The molecule has 4 heterocycles. The lowest BCUT2D eigenvalue weighted by Gasteiger charge is -2.42. The molecule has 3 saturated heterocycles. The Balaban J connectivity index is 1.14. The highest BCUT2D eigenvalue weighted by atomic mass is 19.4. The number of alkyl halides is 3. The first-order chi connectivity index (χ1) is 19.8. The van der Waals surface area contributed by atoms with E-state index < -0.39 is 11.7 Å². The predicted molar refractivity (Wildman–Crippen MR) is 153 cm³/mol. The van der Waals surface area contributed by atoms with Crippen LogP contribution in [0.25, 0.3) is 0 Å². The molecule has 3 aliphatic heterocycles. The molecule has 1 atom stereocenters. The highest BCUT2D eigenvalue weighted by molar-refractivity contribution is 5.61. The zero-order valence-electron chi connectivity index (χ0n) is 23.2. The predicted octanol–water partition coefficient (Wildman–Crippen LogP) is 5.34. The first kappa shape index (κ1) is 27.7. The normalized spacial score (nSPS) is 21.4. The number of benzene rings is 2. The van der Waals surface area contributed by atoms with E-state index in [1.807, 2.05) is 54.6 Å². The molecule has 6 rings (SSSR count). The molecule has 3 aromatic rings. The van der Waals surface area contributed by atoms with Crippen LogP contribution in [0, 0.1) is 0 Å². The van der Waals surface area contributed by atoms with E-state index in [1.165, 1.54) is 5.06 Å². The summed E-state index contributed by atoms with van der Waals surface area (Å²) in [6.07, 6.45) is -0.946. The van der Waals surface area contributed by atoms with Crippen LogP contribution in [0.2, 0.25) is 0 Å². The third kappa shape index (κ3) is 6.27. The number of hydroxylamine groups is 1. The molecule has 3 fully saturated rings. The van der Waals surface area contributed by atoms with Crippen LogP contribution >= 0.6 is 0 Å². The van der Waals surface area contributed by atoms with Crippen molar-refractivity contribution in [1.82, 2.24) is 19.8 Å². The Kier molecular flexibility index (Phi) is 8.01. The van der Waals surface area contributed by atoms with Gasteiger partial charge in [0.05, 0.1) is 12.6 Å². The van der Waals surface area contributed by atoms with Gasteiger partial charge >= 0.3 is 6.18 Å². The average Bonchev–Trinajstić information content (AvgIpc) is 3.48. The summed E-state index contributed by atoms with van der Waals surface area (Å²) in [5.41, 5.74) is 1.78. The van der Waals surface area contributed by atoms with E-state index in [0.717, 1.165) is 69.6 Å². The van der Waals surface area contributed by atoms with Gasteiger partial charge < -0.3 is 15.1 Å². The van der Waals surface area contributed by atoms with E-state index in [-0.39, 0.29) is 17.8 Å². The standard InChI is InChI=1S/C30H36F3N7O/c1-37-16-18-39(19-17-37)25-11-14-38(15-12-25)24-9-7-23(8-10-24)35-29-34-21-26(30(31,32)33)28(36-29)40-27(13-20-41-40)22-5-3-2-4-6-22/h2-10,21,25,27H,11-20H2,1H3,(H,34,35,36). The van der Waals surface area contributed by atoms with Crippen molar-refractivity contribution in [2.45, 2.75) is 37.5 Å². The molecule has 3 aliphatic rings. The number of hydrogen-bond acceptors (Lipinski definition) is 8. The van der Waals surface area contributed by atoms with Crippen molar-refractivity contribution in [3.8, 4) is 0 Å². The monoisotopic (exact) mass is 567 g/mol. The van der Waals surface area contributed by atoms with Gasteiger partial charge in [0.2, 0.25) is 5.95 Å². The van der Waals surface area contributed by atoms with Gasteiger partial charge in [-0.15, -0.1) is 0 Å². The molecule has 0 spiro atoms. The van der Waals surface area contributed by atoms with Gasteiger partial charge in [0.25, 0.3) is 0 Å². The maximum Gasteiger partial charge on any atom is 0.421 e. The topological polar surface area (TPSA) is 60.0 Å². The summed E-state index contributed by atoms with van der Waals surface area (Å²) in [4.78, 5) is 21.4. The maximum atomic E-state index is 14.0. The van der Waals surface area contributed by atoms with Crippen molar-refractivity contribution in [2.24, 2.45) is 0 Å². The molecule has 1 N–H and O–H groups in total. The molecule has 11 heteroatoms. The number of nitrogens with zero attached hydrogens (tertiary/aromatic N) is 6. The molecule has 1 unspecified atom stereocenters. The molecule has 0 amide bonds. The molecule has 41 heavy (non-hydrogen) atoms. The number of piperidine rings is 1. The summed E-state index contributed by atoms with van der Waals surface area (Å²) in [6.45, 7) is 6.88. The van der Waals surface area contributed by atoms with Gasteiger partial charge in [0.1, 0.15) is 5.56 Å². The van der Waals surface area contributed by atoms with Gasteiger partial charge in [-0.2, -0.15) is 18.2 Å². The van der Waals surface area contributed by atoms with Gasteiger partial charge in [0, 0.05) is 69.3 Å². The minimum absolute atomic E-state index is 0.0797. The number of nitrogens with one attached hydrogen (secondary N) is 1. The van der Waals surface area contributed by atoms with E-state index in [4.69, 9.17) is 4.84 Å². The van der Waals surface area contributed by atoms with Gasteiger partial charge in [-0.25, -0.2) is 10.0 Å². The van der Waals surface area contributed by atoms with Crippen LogP contribution in [-0.4, -0.2) is 78.7 Å². The Bertz CT molecular complexity index is 1290. The largest absolute Gasteiger partial charge is 0.421 e. The third-order valence-electron chi connectivity index (χ3n) is 8.38. The van der Waals surface area contributed by atoms with Crippen molar-refractivity contribution in [3.05, 3.63) is 71.9 Å². The van der Waals surface area contributed by atoms with Crippen LogP contribution in [0.4, 0.5) is 36.3 Å². The van der Waals surface area contributed by atoms with Crippen LogP contribution < -0.4 is 15.3 Å². The minimum atomic E-state index is -4.62. The number of rotatable bonds is 6. The second-order valence-electron chi connectivity index (χ2n) is 11.0. The molecule has 8 nitrogen and oxygen atoms in total. The molecule has 0 aliphatic carbocycles. The average molecular weight is 568 g/mol. The zero-order valence-corrected chi connectivity index (χ0v) is 23.2. The quantitative estimate of drug-likeness (QED) is 0.429. The summed E-state index contributed by atoms with van der Waals surface area (Å²) >= 11 is 0. The van der Waals surface area contributed by atoms with E-state index >= 15 is 0 Å². The molecular formula is C30H36F3N7O. The second kappa shape index (κ2) is 11.8. The lowest BCUT2D eigenvalue weighted by atomic mass is 10.0. The fourth-order valence-corrected chi connectivity index (χ4v) is 6.02. The Hall–Kier alpha value is -3.41. The third-order valence-corrected chi connectivity index (χ3v) is 8.38. The number of piperazine rings is 1. The Morgan fingerprint density at radius 2 is 1.59 bits per heavy atom. The zero-order chi connectivity index (χ0) is 28.4. The van der Waals surface area contributed by atoms with Crippen molar-refractivity contribution >= 4 is 23.1 Å². The van der Waals surface area contributed by atoms with Crippen molar-refractivity contribution in [3.63, 3.8) is 0 Å². The number of halogens is 3. The highest BCUT2D eigenvalue weighted by Gasteiger charge is 2.40. The molecule has 0 saturated carbocycles. The number of anilines is 4. The molecular weight excluding hydrogens is 531 g/mol. The van der Waals surface area contributed by atoms with Gasteiger partial charge in [0.15, 0.2) is 5.82 Å². The maximum absolute atomic E-state index is 14.0. The van der Waals surface area contributed by atoms with Crippen LogP contribution in [-0.2, 0) is 11.0 Å². The number of hydrogen-bond donors (Lipinski definition) is 1. The first-order valence-electron chi connectivity index (χ1n) is 14.3. The van der Waals surface area contributed by atoms with Crippen molar-refractivity contribution < 1.29 is 18.0 Å². The number of aromatic nitrogens is 2. The minimum Gasteiger partial charge on any atom is -0.371 e. The fourth-order valence-electron chi connectivity index (χ4n) is 6.02. The Labute approximate surface area is 238 Å². The Morgan fingerprint density at radius 3 is 2.27 bits per heavy atom. The number of likely N-dealkylation sites (N-methyl/N-ethyl adjacent to an activating group) is 1. The lowest BCUT2D eigenvalue weighted by Crippen LogP contribution is -2.52. The van der Waals surface area contributed by atoms with Crippen molar-refractivity contribution in [1.29, 1.82) is 0 Å². The lowest BCUT2D eigenvalue weighted by molar-refractivity contribution is -0.138. The van der Waals surface area contributed by atoms with E-state index in [1.54, 1.807) is 0 Å². The highest BCUT2D eigenvalue weighted by Crippen LogP contribution is 2.41. The summed E-state index contributed by atoms with van der Waals surface area (Å²) < 4.78 is 41.9. The van der Waals surface area contributed by atoms with Crippen molar-refractivity contribution in [2.75, 3.05) is 68.2 Å². The Morgan fingerprint density at radius 1 is 0.878 bits per heavy atom. The second-order valence-corrected chi connectivity index (χ2v) is 11.0. The van der Waals surface area contributed by atoms with Gasteiger partial charge in [-0.1, -0.05) is 30.3 Å². The van der Waals surface area contributed by atoms with E-state index in [0.29, 0.717) is 24.8 Å². The summed E-state index contributed by atoms with van der Waals surface area (Å²) in [5, 5.41) is 4.36. The smallest absolute Gasteiger partial charge is 0.371 e. The molecule has 1 aromatic heterocycles. The molecule has 0 bridgehead atoms. The fraction of sp³-hybridized carbons (Fsp3) is 0.467. The SMILES string of the molecule is CN1CCN(C2CCN(c3ccc(Nc4ncc(C(F)(F)F)c(N5OCCC5c5ccccc5)n4)cc3)CC2)CC1. The van der Waals surface area contributed by atoms with Gasteiger partial charge in [-0.05, 0) is 49.7 Å². The van der Waals surface area contributed by atoms with Crippen LogP contribution in [0.15, 0.2) is 60.8 Å². The summed E-state index contributed by atoms with van der Waals surface area (Å²) in [5.74, 6) is -0.211. The van der Waals surface area contributed by atoms with Crippen LogP contribution in [0.3, 0.4) is 0 Å². The van der Waals surface area contributed by atoms with Crippen LogP contribution in [0.1, 0.15) is 36.4 Å². The van der Waals surface area contributed by atoms with E-state index in [2.05, 4.69) is 37.0 Å². The molecule has 0 radical (unpaired) electrons. The molecule has 218 valence electrons.